The number of rotatable bonds is 2. The molecular formula is C14H17N2O2+. The smallest absolute Gasteiger partial charge is 0.292 e. The molecule has 3 rings (SSSR count). The van der Waals surface area contributed by atoms with E-state index < -0.39 is 0 Å². The van der Waals surface area contributed by atoms with Gasteiger partial charge in [-0.3, -0.25) is 9.59 Å². The molecule has 0 aliphatic carbocycles. The van der Waals surface area contributed by atoms with Crippen LogP contribution in [-0.2, 0) is 9.59 Å². The molecule has 0 spiro atoms. The van der Waals surface area contributed by atoms with Crippen molar-refractivity contribution in [3.05, 3.63) is 30.3 Å². The van der Waals surface area contributed by atoms with Gasteiger partial charge < -0.3 is 4.90 Å². The lowest BCUT2D eigenvalue weighted by molar-refractivity contribution is -0.902. The number of imide groups is 1. The first kappa shape index (κ1) is 11.4. The molecule has 4 nitrogen and oxygen atoms in total. The zero-order valence-corrected chi connectivity index (χ0v) is 10.3. The number of likely N-dealkylation sites (tertiary alicyclic amines) is 1. The number of hydrogen-bond acceptors (Lipinski definition) is 2. The van der Waals surface area contributed by atoms with E-state index in [1.807, 2.05) is 30.3 Å². The molecule has 2 heterocycles. The van der Waals surface area contributed by atoms with Crippen molar-refractivity contribution in [1.82, 2.24) is 0 Å². The summed E-state index contributed by atoms with van der Waals surface area (Å²) >= 11 is 0. The Balaban J connectivity index is 1.85. The summed E-state index contributed by atoms with van der Waals surface area (Å²) in [7, 11) is 0. The molecule has 1 aromatic carbocycles. The van der Waals surface area contributed by atoms with Crippen LogP contribution in [0, 0.1) is 0 Å². The molecule has 1 unspecified atom stereocenters. The van der Waals surface area contributed by atoms with Crippen molar-refractivity contribution in [2.24, 2.45) is 0 Å². The quantitative estimate of drug-likeness (QED) is 0.745. The first-order valence-electron chi connectivity index (χ1n) is 6.54. The number of hydrogen-bond donors (Lipinski definition) is 1. The minimum absolute atomic E-state index is 0.0249. The molecule has 2 fully saturated rings. The second-order valence-electron chi connectivity index (χ2n) is 5.03. The summed E-state index contributed by atoms with van der Waals surface area (Å²) in [6, 6.07) is 9.07. The van der Waals surface area contributed by atoms with Gasteiger partial charge >= 0.3 is 0 Å². The monoisotopic (exact) mass is 245 g/mol. The largest absolute Gasteiger partial charge is 0.324 e. The molecule has 94 valence electrons. The normalized spacial score (nSPS) is 25.1. The molecule has 1 aromatic rings. The molecule has 0 aromatic heterocycles. The van der Waals surface area contributed by atoms with E-state index in [-0.39, 0.29) is 17.9 Å². The minimum atomic E-state index is -0.153. The van der Waals surface area contributed by atoms with Gasteiger partial charge in [0.05, 0.1) is 25.2 Å². The van der Waals surface area contributed by atoms with Gasteiger partial charge in [-0.2, -0.15) is 0 Å². The van der Waals surface area contributed by atoms with Gasteiger partial charge in [0.1, 0.15) is 0 Å². The summed E-state index contributed by atoms with van der Waals surface area (Å²) in [5.41, 5.74) is 0.702. The van der Waals surface area contributed by atoms with Gasteiger partial charge in [-0.15, -0.1) is 0 Å². The van der Waals surface area contributed by atoms with Crippen LogP contribution in [-0.4, -0.2) is 30.9 Å². The highest BCUT2D eigenvalue weighted by Crippen LogP contribution is 2.21. The van der Waals surface area contributed by atoms with E-state index in [0.29, 0.717) is 12.1 Å². The second kappa shape index (κ2) is 4.53. The van der Waals surface area contributed by atoms with Crippen molar-refractivity contribution < 1.29 is 14.5 Å². The average Bonchev–Trinajstić information content (AvgIpc) is 2.99. The zero-order valence-electron chi connectivity index (χ0n) is 10.3. The van der Waals surface area contributed by atoms with Crippen LogP contribution >= 0.6 is 0 Å². The maximum atomic E-state index is 12.4. The number of nitrogens with one attached hydrogen (secondary N) is 1. The number of quaternary nitrogens is 1. The zero-order chi connectivity index (χ0) is 12.5. The Kier molecular flexibility index (Phi) is 2.88. The third-order valence-corrected chi connectivity index (χ3v) is 3.90. The fourth-order valence-electron chi connectivity index (χ4n) is 2.98. The van der Waals surface area contributed by atoms with Gasteiger partial charge in [-0.25, -0.2) is 4.90 Å². The molecule has 2 aliphatic heterocycles. The SMILES string of the molecule is O=C1CC([NH+]2CCCC2)C(=O)N1c1ccccc1. The van der Waals surface area contributed by atoms with Gasteiger partial charge in [0, 0.05) is 12.8 Å². The van der Waals surface area contributed by atoms with Crippen LogP contribution in [0.5, 0.6) is 0 Å². The molecule has 2 amide bonds. The summed E-state index contributed by atoms with van der Waals surface area (Å²) in [5, 5.41) is 0. The van der Waals surface area contributed by atoms with Crippen LogP contribution in [0.4, 0.5) is 5.69 Å². The Bertz CT molecular complexity index is 466. The van der Waals surface area contributed by atoms with Crippen LogP contribution in [0.3, 0.4) is 0 Å². The predicted octanol–water partition coefficient (Wildman–Crippen LogP) is -0.00280. The standard InChI is InChI=1S/C14H16N2O2/c17-13-10-12(15-8-4-5-9-15)14(18)16(13)11-6-2-1-3-7-11/h1-3,6-7,12H,4-5,8-10H2/p+1. The van der Waals surface area contributed by atoms with Crippen molar-refractivity contribution in [2.75, 3.05) is 18.0 Å². The molecule has 2 saturated heterocycles. The molecule has 2 aliphatic rings. The number of anilines is 1. The highest BCUT2D eigenvalue weighted by Gasteiger charge is 2.46. The topological polar surface area (TPSA) is 41.8 Å². The third-order valence-electron chi connectivity index (χ3n) is 3.90. The van der Waals surface area contributed by atoms with Crippen LogP contribution in [0.25, 0.3) is 0 Å². The summed E-state index contributed by atoms with van der Waals surface area (Å²) in [6.45, 7) is 2.04. The number of para-hydroxylation sites is 1. The van der Waals surface area contributed by atoms with Crippen LogP contribution in [0.15, 0.2) is 30.3 Å². The Morgan fingerprint density at radius 1 is 1.06 bits per heavy atom. The Morgan fingerprint density at radius 2 is 1.72 bits per heavy atom. The van der Waals surface area contributed by atoms with E-state index in [1.54, 1.807) is 0 Å². The molecule has 18 heavy (non-hydrogen) atoms. The Hall–Kier alpha value is -1.68. The summed E-state index contributed by atoms with van der Waals surface area (Å²) < 4.78 is 0. The van der Waals surface area contributed by atoms with E-state index in [4.69, 9.17) is 0 Å². The maximum Gasteiger partial charge on any atom is 0.292 e. The lowest BCUT2D eigenvalue weighted by Gasteiger charge is -2.19. The van der Waals surface area contributed by atoms with Gasteiger partial charge in [-0.1, -0.05) is 18.2 Å². The van der Waals surface area contributed by atoms with Crippen LogP contribution < -0.4 is 9.80 Å². The van der Waals surface area contributed by atoms with Gasteiger partial charge in [-0.05, 0) is 12.1 Å². The predicted molar refractivity (Wildman–Crippen MR) is 67.3 cm³/mol. The number of carbonyl (C=O) groups excluding carboxylic acids is 2. The molecule has 0 radical (unpaired) electrons. The van der Waals surface area contributed by atoms with Crippen molar-refractivity contribution in [1.29, 1.82) is 0 Å². The molecule has 0 saturated carbocycles. The van der Waals surface area contributed by atoms with Crippen LogP contribution in [0.1, 0.15) is 19.3 Å². The summed E-state index contributed by atoms with van der Waals surface area (Å²) in [4.78, 5) is 27.1. The molecule has 4 heteroatoms. The molecule has 0 bridgehead atoms. The van der Waals surface area contributed by atoms with Gasteiger partial charge in [0.2, 0.25) is 5.91 Å². The number of benzene rings is 1. The lowest BCUT2D eigenvalue weighted by atomic mass is 10.2. The van der Waals surface area contributed by atoms with E-state index in [1.165, 1.54) is 22.6 Å². The fraction of sp³-hybridized carbons (Fsp3) is 0.429. The molecule has 1 atom stereocenters. The Labute approximate surface area is 106 Å². The lowest BCUT2D eigenvalue weighted by Crippen LogP contribution is -3.14. The van der Waals surface area contributed by atoms with E-state index in [2.05, 4.69) is 0 Å². The highest BCUT2D eigenvalue weighted by molar-refractivity contribution is 6.21. The first-order chi connectivity index (χ1) is 8.77. The highest BCUT2D eigenvalue weighted by atomic mass is 16.2. The van der Waals surface area contributed by atoms with Gasteiger partial charge in [0.15, 0.2) is 6.04 Å². The van der Waals surface area contributed by atoms with E-state index in [0.717, 1.165) is 13.1 Å². The minimum Gasteiger partial charge on any atom is -0.324 e. The van der Waals surface area contributed by atoms with Crippen molar-refractivity contribution in [3.8, 4) is 0 Å². The van der Waals surface area contributed by atoms with E-state index >= 15 is 0 Å². The number of amides is 2. The van der Waals surface area contributed by atoms with Gasteiger partial charge in [0.25, 0.3) is 5.91 Å². The fourth-order valence-corrected chi connectivity index (χ4v) is 2.98. The maximum absolute atomic E-state index is 12.4. The average molecular weight is 245 g/mol. The van der Waals surface area contributed by atoms with E-state index in [9.17, 15) is 9.59 Å². The third kappa shape index (κ3) is 1.82. The summed E-state index contributed by atoms with van der Waals surface area (Å²) in [5.74, 6) is -0.0845. The molecule has 1 N–H and O–H groups in total. The summed E-state index contributed by atoms with van der Waals surface area (Å²) in [6.07, 6.45) is 2.69. The number of carbonyl (C=O) groups is 2. The van der Waals surface area contributed by atoms with Crippen molar-refractivity contribution >= 4 is 17.5 Å². The molecular weight excluding hydrogens is 228 g/mol. The van der Waals surface area contributed by atoms with Crippen LogP contribution in [0.2, 0.25) is 0 Å². The Morgan fingerprint density at radius 3 is 2.39 bits per heavy atom. The second-order valence-corrected chi connectivity index (χ2v) is 5.03. The van der Waals surface area contributed by atoms with Crippen molar-refractivity contribution in [3.63, 3.8) is 0 Å². The number of nitrogens with zero attached hydrogens (tertiary/aromatic N) is 1. The van der Waals surface area contributed by atoms with Crippen molar-refractivity contribution in [2.45, 2.75) is 25.3 Å². The first-order valence-corrected chi connectivity index (χ1v) is 6.54.